The molecule has 0 amide bonds. The number of methoxy groups -OCH3 is 1. The molecule has 0 saturated heterocycles. The molecular formula is C13H17Cl2NO. The second-order valence-electron chi connectivity index (χ2n) is 4.56. The molecule has 1 aromatic carbocycles. The number of hydrogen-bond acceptors (Lipinski definition) is 2. The molecule has 0 spiro atoms. The zero-order valence-electron chi connectivity index (χ0n) is 9.93. The van der Waals surface area contributed by atoms with E-state index in [2.05, 4.69) is 5.32 Å². The molecule has 17 heavy (non-hydrogen) atoms. The Labute approximate surface area is 112 Å². The minimum atomic E-state index is 0.0467. The molecule has 1 fully saturated rings. The minimum Gasteiger partial charge on any atom is -0.377 e. The van der Waals surface area contributed by atoms with E-state index in [-0.39, 0.29) is 5.60 Å². The Hall–Kier alpha value is -0.280. The average molecular weight is 274 g/mol. The van der Waals surface area contributed by atoms with E-state index in [0.29, 0.717) is 10.0 Å². The summed E-state index contributed by atoms with van der Waals surface area (Å²) in [5.74, 6) is 0. The van der Waals surface area contributed by atoms with Crippen LogP contribution < -0.4 is 5.32 Å². The van der Waals surface area contributed by atoms with Gasteiger partial charge in [-0.2, -0.15) is 0 Å². The molecule has 2 nitrogen and oxygen atoms in total. The first-order valence-corrected chi connectivity index (χ1v) is 6.61. The Morgan fingerprint density at radius 2 is 2.12 bits per heavy atom. The summed E-state index contributed by atoms with van der Waals surface area (Å²) >= 11 is 12.1. The number of rotatable bonds is 5. The zero-order chi connectivity index (χ0) is 12.3. The van der Waals surface area contributed by atoms with Crippen molar-refractivity contribution < 1.29 is 4.74 Å². The molecule has 1 aliphatic carbocycles. The lowest BCUT2D eigenvalue weighted by atomic mass is 9.80. The van der Waals surface area contributed by atoms with Gasteiger partial charge in [0.1, 0.15) is 0 Å². The van der Waals surface area contributed by atoms with Crippen LogP contribution in [0.25, 0.3) is 0 Å². The van der Waals surface area contributed by atoms with Gasteiger partial charge in [-0.05, 0) is 30.9 Å². The summed E-state index contributed by atoms with van der Waals surface area (Å²) in [4.78, 5) is 0. The third-order valence-electron chi connectivity index (χ3n) is 3.49. The van der Waals surface area contributed by atoms with Crippen molar-refractivity contribution >= 4 is 23.2 Å². The van der Waals surface area contributed by atoms with E-state index in [1.54, 1.807) is 13.2 Å². The topological polar surface area (TPSA) is 21.3 Å². The van der Waals surface area contributed by atoms with Gasteiger partial charge in [0, 0.05) is 20.2 Å². The zero-order valence-corrected chi connectivity index (χ0v) is 11.4. The first-order chi connectivity index (χ1) is 8.17. The fraction of sp³-hybridized carbons (Fsp3) is 0.538. The molecule has 1 aromatic rings. The highest BCUT2D eigenvalue weighted by Gasteiger charge is 2.36. The van der Waals surface area contributed by atoms with Gasteiger partial charge in [0.25, 0.3) is 0 Å². The molecule has 0 unspecified atom stereocenters. The quantitative estimate of drug-likeness (QED) is 0.884. The van der Waals surface area contributed by atoms with Crippen LogP contribution in [0.15, 0.2) is 18.2 Å². The van der Waals surface area contributed by atoms with Crippen LogP contribution in [-0.4, -0.2) is 19.3 Å². The highest BCUT2D eigenvalue weighted by molar-refractivity contribution is 6.42. The van der Waals surface area contributed by atoms with E-state index < -0.39 is 0 Å². The molecule has 4 heteroatoms. The molecule has 1 N–H and O–H groups in total. The van der Waals surface area contributed by atoms with Gasteiger partial charge in [0.15, 0.2) is 0 Å². The second-order valence-corrected chi connectivity index (χ2v) is 5.34. The van der Waals surface area contributed by atoms with E-state index in [1.807, 2.05) is 12.1 Å². The number of ether oxygens (including phenoxy) is 1. The molecule has 0 atom stereocenters. The second kappa shape index (κ2) is 5.57. The molecule has 94 valence electrons. The van der Waals surface area contributed by atoms with Crippen molar-refractivity contribution in [1.29, 1.82) is 0 Å². The van der Waals surface area contributed by atoms with Crippen LogP contribution in [0, 0.1) is 0 Å². The monoisotopic (exact) mass is 273 g/mol. The van der Waals surface area contributed by atoms with E-state index >= 15 is 0 Å². The van der Waals surface area contributed by atoms with Crippen LogP contribution in [0.1, 0.15) is 24.8 Å². The van der Waals surface area contributed by atoms with E-state index in [9.17, 15) is 0 Å². The van der Waals surface area contributed by atoms with Gasteiger partial charge in [0.05, 0.1) is 15.6 Å². The largest absolute Gasteiger partial charge is 0.377 e. The molecule has 1 saturated carbocycles. The molecule has 0 heterocycles. The van der Waals surface area contributed by atoms with Crippen molar-refractivity contribution in [3.05, 3.63) is 33.8 Å². The Balaban J connectivity index is 1.88. The molecule has 0 bridgehead atoms. The van der Waals surface area contributed by atoms with Crippen molar-refractivity contribution in [3.8, 4) is 0 Å². The van der Waals surface area contributed by atoms with Crippen LogP contribution in [0.4, 0.5) is 0 Å². The van der Waals surface area contributed by atoms with Crippen LogP contribution >= 0.6 is 23.2 Å². The fourth-order valence-electron chi connectivity index (χ4n) is 2.13. The lowest BCUT2D eigenvalue weighted by Crippen LogP contribution is -2.47. The molecule has 0 aliphatic heterocycles. The number of hydrogen-bond donors (Lipinski definition) is 1. The predicted octanol–water partition coefficient (Wildman–Crippen LogP) is 3.65. The van der Waals surface area contributed by atoms with Crippen molar-refractivity contribution in [2.45, 2.75) is 31.4 Å². The Morgan fingerprint density at radius 1 is 1.35 bits per heavy atom. The smallest absolute Gasteiger partial charge is 0.0802 e. The van der Waals surface area contributed by atoms with Crippen LogP contribution in [0.5, 0.6) is 0 Å². The summed E-state index contributed by atoms with van der Waals surface area (Å²) in [7, 11) is 1.78. The van der Waals surface area contributed by atoms with Crippen molar-refractivity contribution in [2.24, 2.45) is 0 Å². The third kappa shape index (κ3) is 2.94. The SMILES string of the molecule is COC1(CNCc2cccc(Cl)c2Cl)CCC1. The van der Waals surface area contributed by atoms with Gasteiger partial charge in [-0.15, -0.1) is 0 Å². The molecule has 1 aliphatic rings. The summed E-state index contributed by atoms with van der Waals surface area (Å²) < 4.78 is 5.54. The number of nitrogens with one attached hydrogen (secondary N) is 1. The van der Waals surface area contributed by atoms with Gasteiger partial charge >= 0.3 is 0 Å². The van der Waals surface area contributed by atoms with Gasteiger partial charge in [0.2, 0.25) is 0 Å². The average Bonchev–Trinajstić information content (AvgIpc) is 2.28. The van der Waals surface area contributed by atoms with Crippen LogP contribution in [0.3, 0.4) is 0 Å². The van der Waals surface area contributed by atoms with Crippen LogP contribution in [0.2, 0.25) is 10.0 Å². The maximum absolute atomic E-state index is 6.12. The maximum Gasteiger partial charge on any atom is 0.0802 e. The van der Waals surface area contributed by atoms with E-state index in [0.717, 1.165) is 31.5 Å². The fourth-order valence-corrected chi connectivity index (χ4v) is 2.52. The minimum absolute atomic E-state index is 0.0467. The van der Waals surface area contributed by atoms with Crippen LogP contribution in [-0.2, 0) is 11.3 Å². The summed E-state index contributed by atoms with van der Waals surface area (Å²) in [6.45, 7) is 1.59. The van der Waals surface area contributed by atoms with E-state index in [4.69, 9.17) is 27.9 Å². The Bertz CT molecular complexity index is 385. The molecule has 2 rings (SSSR count). The van der Waals surface area contributed by atoms with Gasteiger partial charge in [-0.3, -0.25) is 0 Å². The van der Waals surface area contributed by atoms with Gasteiger partial charge < -0.3 is 10.1 Å². The maximum atomic E-state index is 6.12. The molecular weight excluding hydrogens is 257 g/mol. The third-order valence-corrected chi connectivity index (χ3v) is 4.35. The molecule has 0 radical (unpaired) electrons. The highest BCUT2D eigenvalue weighted by Crippen LogP contribution is 2.34. The summed E-state index contributed by atoms with van der Waals surface area (Å²) in [6, 6.07) is 5.71. The van der Waals surface area contributed by atoms with Crippen molar-refractivity contribution in [2.75, 3.05) is 13.7 Å². The first kappa shape index (κ1) is 13.2. The number of benzene rings is 1. The summed E-state index contributed by atoms with van der Waals surface area (Å²) in [6.07, 6.45) is 3.53. The van der Waals surface area contributed by atoms with Gasteiger partial charge in [-0.1, -0.05) is 35.3 Å². The normalized spacial score (nSPS) is 17.8. The Morgan fingerprint density at radius 3 is 2.71 bits per heavy atom. The van der Waals surface area contributed by atoms with E-state index in [1.165, 1.54) is 6.42 Å². The van der Waals surface area contributed by atoms with Crippen molar-refractivity contribution in [1.82, 2.24) is 5.32 Å². The van der Waals surface area contributed by atoms with Crippen molar-refractivity contribution in [3.63, 3.8) is 0 Å². The first-order valence-electron chi connectivity index (χ1n) is 5.86. The highest BCUT2D eigenvalue weighted by atomic mass is 35.5. The predicted molar refractivity (Wildman–Crippen MR) is 71.8 cm³/mol. The standard InChI is InChI=1S/C13H17Cl2NO/c1-17-13(6-3-7-13)9-16-8-10-4-2-5-11(14)12(10)15/h2,4-5,16H,3,6-9H2,1H3. The van der Waals surface area contributed by atoms with Gasteiger partial charge in [-0.25, -0.2) is 0 Å². The number of halogens is 2. The molecule has 0 aromatic heterocycles. The lowest BCUT2D eigenvalue weighted by molar-refractivity contribution is -0.0695. The lowest BCUT2D eigenvalue weighted by Gasteiger charge is -2.40. The summed E-state index contributed by atoms with van der Waals surface area (Å²) in [5.41, 5.74) is 1.08. The summed E-state index contributed by atoms with van der Waals surface area (Å²) in [5, 5.41) is 4.64. The Kier molecular flexibility index (Phi) is 4.31.